The Hall–Kier alpha value is -2.07. The van der Waals surface area contributed by atoms with E-state index in [0.29, 0.717) is 11.7 Å². The summed E-state index contributed by atoms with van der Waals surface area (Å²) in [5, 5.41) is 1.01. The highest BCUT2D eigenvalue weighted by Gasteiger charge is 2.13. The summed E-state index contributed by atoms with van der Waals surface area (Å²) in [5.74, 6) is 1.22. The predicted octanol–water partition coefficient (Wildman–Crippen LogP) is 3.11. The van der Waals surface area contributed by atoms with Gasteiger partial charge in [-0.2, -0.15) is 0 Å². The molecule has 2 aromatic heterocycles. The number of para-hydroxylation sites is 1. The average molecular weight is 228 g/mol. The number of aromatic nitrogens is 1. The molecule has 0 radical (unpaired) electrons. The lowest BCUT2D eigenvalue weighted by Crippen LogP contribution is -2.04. The first-order valence-corrected chi connectivity index (χ1v) is 5.43. The number of nitrogens with zero attached hydrogens (tertiary/aromatic N) is 1. The molecule has 86 valence electrons. The molecule has 1 atom stereocenters. The van der Waals surface area contributed by atoms with Crippen molar-refractivity contribution in [3.05, 3.63) is 42.6 Å². The Bertz CT molecular complexity index is 652. The van der Waals surface area contributed by atoms with Gasteiger partial charge in [0.15, 0.2) is 5.76 Å². The number of oxazole rings is 1. The van der Waals surface area contributed by atoms with Crippen molar-refractivity contribution in [2.75, 3.05) is 0 Å². The molecule has 3 aromatic rings. The van der Waals surface area contributed by atoms with Gasteiger partial charge in [-0.1, -0.05) is 18.2 Å². The minimum absolute atomic E-state index is 0.207. The molecule has 0 spiro atoms. The quantitative estimate of drug-likeness (QED) is 0.731. The Labute approximate surface area is 98.0 Å². The number of rotatable bonds is 2. The van der Waals surface area contributed by atoms with Crippen LogP contribution in [0, 0.1) is 0 Å². The molecule has 3 rings (SSSR count). The van der Waals surface area contributed by atoms with Crippen molar-refractivity contribution in [1.29, 1.82) is 0 Å². The number of hydrogen-bond donors (Lipinski definition) is 1. The van der Waals surface area contributed by atoms with Crippen LogP contribution < -0.4 is 5.73 Å². The first-order chi connectivity index (χ1) is 8.25. The van der Waals surface area contributed by atoms with Crippen molar-refractivity contribution < 1.29 is 8.83 Å². The van der Waals surface area contributed by atoms with Crippen LogP contribution >= 0.6 is 0 Å². The van der Waals surface area contributed by atoms with Crippen molar-refractivity contribution in [3.63, 3.8) is 0 Å². The normalized spacial score (nSPS) is 13.1. The largest absolute Gasteiger partial charge is 0.464 e. The molecule has 4 heteroatoms. The maximum Gasteiger partial charge on any atom is 0.211 e. The van der Waals surface area contributed by atoms with Crippen LogP contribution in [-0.2, 0) is 0 Å². The van der Waals surface area contributed by atoms with Crippen LogP contribution in [0.5, 0.6) is 0 Å². The third-order valence-electron chi connectivity index (χ3n) is 2.66. The van der Waals surface area contributed by atoms with Crippen molar-refractivity contribution in [3.8, 4) is 11.3 Å². The molecule has 0 aliphatic carbocycles. The standard InChI is InChI=1S/C13H12N2O2/c1-8(14)13-15-6-12(17-13)10-7-16-11-5-3-2-4-9(10)11/h2-8H,14H2,1H3. The summed E-state index contributed by atoms with van der Waals surface area (Å²) < 4.78 is 11.1. The lowest BCUT2D eigenvalue weighted by molar-refractivity contribution is 0.473. The van der Waals surface area contributed by atoms with E-state index in [2.05, 4.69) is 4.98 Å². The molecular formula is C13H12N2O2. The number of fused-ring (bicyclic) bond motifs is 1. The fourth-order valence-electron chi connectivity index (χ4n) is 1.79. The van der Waals surface area contributed by atoms with Crippen LogP contribution in [0.25, 0.3) is 22.3 Å². The lowest BCUT2D eigenvalue weighted by atomic mass is 10.1. The van der Waals surface area contributed by atoms with Crippen LogP contribution in [0.1, 0.15) is 18.9 Å². The van der Waals surface area contributed by atoms with Gasteiger partial charge in [-0.3, -0.25) is 0 Å². The third kappa shape index (κ3) is 1.62. The maximum atomic E-state index is 5.71. The Morgan fingerprint density at radius 3 is 2.88 bits per heavy atom. The number of nitrogens with two attached hydrogens (primary N) is 1. The minimum atomic E-state index is -0.207. The summed E-state index contributed by atoms with van der Waals surface area (Å²) >= 11 is 0. The second-order valence-corrected chi connectivity index (χ2v) is 4.00. The molecule has 0 aliphatic heterocycles. The van der Waals surface area contributed by atoms with E-state index in [-0.39, 0.29) is 6.04 Å². The molecule has 4 nitrogen and oxygen atoms in total. The molecule has 0 saturated carbocycles. The zero-order chi connectivity index (χ0) is 11.8. The minimum Gasteiger partial charge on any atom is -0.464 e. The van der Waals surface area contributed by atoms with Crippen molar-refractivity contribution in [2.45, 2.75) is 13.0 Å². The summed E-state index contributed by atoms with van der Waals surface area (Å²) in [5.41, 5.74) is 7.45. The fraction of sp³-hybridized carbons (Fsp3) is 0.154. The highest BCUT2D eigenvalue weighted by Crippen LogP contribution is 2.31. The van der Waals surface area contributed by atoms with Crippen molar-refractivity contribution in [2.24, 2.45) is 5.73 Å². The Balaban J connectivity index is 2.14. The molecule has 1 unspecified atom stereocenters. The van der Waals surface area contributed by atoms with Gasteiger partial charge in [0.2, 0.25) is 5.89 Å². The monoisotopic (exact) mass is 228 g/mol. The smallest absolute Gasteiger partial charge is 0.211 e. The lowest BCUT2D eigenvalue weighted by Gasteiger charge is -1.96. The predicted molar refractivity (Wildman–Crippen MR) is 64.3 cm³/mol. The van der Waals surface area contributed by atoms with Crippen molar-refractivity contribution in [1.82, 2.24) is 4.98 Å². The van der Waals surface area contributed by atoms with E-state index in [9.17, 15) is 0 Å². The second kappa shape index (κ2) is 3.75. The molecule has 0 aliphatic rings. The molecule has 2 heterocycles. The van der Waals surface area contributed by atoms with Crippen LogP contribution in [0.15, 0.2) is 45.6 Å². The number of furan rings is 1. The molecular weight excluding hydrogens is 216 g/mol. The first-order valence-electron chi connectivity index (χ1n) is 5.43. The highest BCUT2D eigenvalue weighted by molar-refractivity contribution is 5.92. The summed E-state index contributed by atoms with van der Waals surface area (Å²) in [6.45, 7) is 1.84. The fourth-order valence-corrected chi connectivity index (χ4v) is 1.79. The van der Waals surface area contributed by atoms with E-state index in [1.807, 2.05) is 31.2 Å². The van der Waals surface area contributed by atoms with Gasteiger partial charge < -0.3 is 14.6 Å². The molecule has 2 N–H and O–H groups in total. The highest BCUT2D eigenvalue weighted by atomic mass is 16.4. The van der Waals surface area contributed by atoms with Gasteiger partial charge in [0.05, 0.1) is 17.8 Å². The summed E-state index contributed by atoms with van der Waals surface area (Å²) in [7, 11) is 0. The Morgan fingerprint density at radius 2 is 2.12 bits per heavy atom. The zero-order valence-electron chi connectivity index (χ0n) is 9.38. The SMILES string of the molecule is CC(N)c1ncc(-c2coc3ccccc23)o1. The Morgan fingerprint density at radius 1 is 1.29 bits per heavy atom. The van der Waals surface area contributed by atoms with Gasteiger partial charge in [0.1, 0.15) is 11.8 Å². The van der Waals surface area contributed by atoms with Crippen LogP contribution in [-0.4, -0.2) is 4.98 Å². The molecule has 1 aromatic carbocycles. The van der Waals surface area contributed by atoms with E-state index >= 15 is 0 Å². The summed E-state index contributed by atoms with van der Waals surface area (Å²) in [6, 6.07) is 7.60. The van der Waals surface area contributed by atoms with Gasteiger partial charge in [-0.25, -0.2) is 4.98 Å². The zero-order valence-corrected chi connectivity index (χ0v) is 9.38. The summed E-state index contributed by atoms with van der Waals surface area (Å²) in [6.07, 6.45) is 3.35. The van der Waals surface area contributed by atoms with E-state index in [1.165, 1.54) is 0 Å². The van der Waals surface area contributed by atoms with E-state index in [1.54, 1.807) is 12.5 Å². The molecule has 0 amide bonds. The van der Waals surface area contributed by atoms with E-state index in [0.717, 1.165) is 16.5 Å². The van der Waals surface area contributed by atoms with Crippen LogP contribution in [0.2, 0.25) is 0 Å². The van der Waals surface area contributed by atoms with Gasteiger partial charge >= 0.3 is 0 Å². The topological polar surface area (TPSA) is 65.2 Å². The number of hydrogen-bond acceptors (Lipinski definition) is 4. The van der Waals surface area contributed by atoms with E-state index in [4.69, 9.17) is 14.6 Å². The second-order valence-electron chi connectivity index (χ2n) is 4.00. The molecule has 0 bridgehead atoms. The van der Waals surface area contributed by atoms with Crippen LogP contribution in [0.3, 0.4) is 0 Å². The van der Waals surface area contributed by atoms with E-state index < -0.39 is 0 Å². The van der Waals surface area contributed by atoms with Gasteiger partial charge in [0.25, 0.3) is 0 Å². The van der Waals surface area contributed by atoms with Gasteiger partial charge in [-0.05, 0) is 13.0 Å². The van der Waals surface area contributed by atoms with Gasteiger partial charge in [-0.15, -0.1) is 0 Å². The number of benzene rings is 1. The first kappa shape index (κ1) is 10.1. The van der Waals surface area contributed by atoms with Crippen LogP contribution in [0.4, 0.5) is 0 Å². The molecule has 17 heavy (non-hydrogen) atoms. The van der Waals surface area contributed by atoms with Crippen molar-refractivity contribution >= 4 is 11.0 Å². The van der Waals surface area contributed by atoms with Gasteiger partial charge in [0, 0.05) is 5.39 Å². The maximum absolute atomic E-state index is 5.71. The average Bonchev–Trinajstić information content (AvgIpc) is 2.95. The molecule has 0 saturated heterocycles. The summed E-state index contributed by atoms with van der Waals surface area (Å²) in [4.78, 5) is 4.15. The third-order valence-corrected chi connectivity index (χ3v) is 2.66. The Kier molecular flexibility index (Phi) is 2.23. The molecule has 0 fully saturated rings.